The molecule has 0 amide bonds. The predicted molar refractivity (Wildman–Crippen MR) is 66.2 cm³/mol. The van der Waals surface area contributed by atoms with Gasteiger partial charge in [0.05, 0.1) is 12.2 Å². The zero-order chi connectivity index (χ0) is 11.8. The molecule has 0 N–H and O–H groups in total. The lowest BCUT2D eigenvalue weighted by Gasteiger charge is -2.01. The molecule has 0 aliphatic heterocycles. The Hall–Kier alpha value is -1.83. The molecule has 0 spiro atoms. The number of allylic oxidation sites excluding steroid dienone is 3. The van der Waals surface area contributed by atoms with E-state index in [1.54, 1.807) is 19.1 Å². The molecule has 2 nitrogen and oxygen atoms in total. The van der Waals surface area contributed by atoms with Gasteiger partial charge in [0.15, 0.2) is 0 Å². The second-order valence-electron chi connectivity index (χ2n) is 3.23. The zero-order valence-corrected chi connectivity index (χ0v) is 9.64. The summed E-state index contributed by atoms with van der Waals surface area (Å²) in [6.07, 6.45) is 7.86. The third-order valence-corrected chi connectivity index (χ3v) is 2.01. The average Bonchev–Trinajstić information content (AvgIpc) is 2.30. The molecule has 84 valence electrons. The fourth-order valence-electron chi connectivity index (χ4n) is 1.22. The molecular formula is C14H16O2. The highest BCUT2D eigenvalue weighted by Crippen LogP contribution is 2.07. The van der Waals surface area contributed by atoms with Crippen LogP contribution in [-0.4, -0.2) is 12.6 Å². The van der Waals surface area contributed by atoms with E-state index in [4.69, 9.17) is 4.74 Å². The van der Waals surface area contributed by atoms with Gasteiger partial charge in [-0.15, -0.1) is 0 Å². The number of carbonyl (C=O) groups excluding carboxylic acids is 1. The maximum Gasteiger partial charge on any atom is 0.338 e. The smallest absolute Gasteiger partial charge is 0.338 e. The number of benzene rings is 1. The number of esters is 1. The van der Waals surface area contributed by atoms with Gasteiger partial charge < -0.3 is 4.74 Å². The summed E-state index contributed by atoms with van der Waals surface area (Å²) in [5.41, 5.74) is 1.65. The average molecular weight is 216 g/mol. The van der Waals surface area contributed by atoms with Crippen molar-refractivity contribution in [3.05, 3.63) is 53.6 Å². The topological polar surface area (TPSA) is 26.3 Å². The van der Waals surface area contributed by atoms with Crippen molar-refractivity contribution in [3.8, 4) is 0 Å². The summed E-state index contributed by atoms with van der Waals surface area (Å²) in [5, 5.41) is 0. The second kappa shape index (κ2) is 6.62. The van der Waals surface area contributed by atoms with E-state index in [9.17, 15) is 4.79 Å². The van der Waals surface area contributed by atoms with E-state index < -0.39 is 0 Å². The van der Waals surface area contributed by atoms with Crippen molar-refractivity contribution in [1.82, 2.24) is 0 Å². The Morgan fingerprint density at radius 1 is 1.25 bits per heavy atom. The number of hydrogen-bond acceptors (Lipinski definition) is 2. The van der Waals surface area contributed by atoms with E-state index in [1.807, 2.05) is 43.4 Å². The summed E-state index contributed by atoms with van der Waals surface area (Å²) in [4.78, 5) is 11.4. The van der Waals surface area contributed by atoms with Crippen LogP contribution in [0.5, 0.6) is 0 Å². The van der Waals surface area contributed by atoms with Crippen LogP contribution in [0.15, 0.2) is 42.5 Å². The van der Waals surface area contributed by atoms with Gasteiger partial charge in [-0.2, -0.15) is 0 Å². The molecule has 0 unspecified atom stereocenters. The highest BCUT2D eigenvalue weighted by molar-refractivity contribution is 5.89. The SMILES string of the molecule is C/C=C/C=C/c1ccc(C(=O)OCC)cc1. The van der Waals surface area contributed by atoms with Gasteiger partial charge in [0.1, 0.15) is 0 Å². The van der Waals surface area contributed by atoms with Crippen molar-refractivity contribution in [3.63, 3.8) is 0 Å². The number of hydrogen-bond donors (Lipinski definition) is 0. The lowest BCUT2D eigenvalue weighted by molar-refractivity contribution is 0.0526. The maximum absolute atomic E-state index is 11.4. The first kappa shape index (κ1) is 12.2. The Morgan fingerprint density at radius 2 is 1.94 bits per heavy atom. The molecule has 16 heavy (non-hydrogen) atoms. The number of ether oxygens (including phenoxy) is 1. The van der Waals surface area contributed by atoms with Crippen molar-refractivity contribution in [2.45, 2.75) is 13.8 Å². The first-order chi connectivity index (χ1) is 7.77. The summed E-state index contributed by atoms with van der Waals surface area (Å²) in [7, 11) is 0. The van der Waals surface area contributed by atoms with Gasteiger partial charge in [0, 0.05) is 0 Å². The normalized spacial score (nSPS) is 11.1. The Labute approximate surface area is 96.2 Å². The van der Waals surface area contributed by atoms with Gasteiger partial charge in [-0.25, -0.2) is 4.79 Å². The molecule has 2 heteroatoms. The van der Waals surface area contributed by atoms with Crippen molar-refractivity contribution in [2.24, 2.45) is 0 Å². The van der Waals surface area contributed by atoms with Crippen LogP contribution in [0.3, 0.4) is 0 Å². The summed E-state index contributed by atoms with van der Waals surface area (Å²) < 4.78 is 4.90. The molecule has 0 atom stereocenters. The standard InChI is InChI=1S/C14H16O2/c1-3-5-6-7-12-8-10-13(11-9-12)14(15)16-4-2/h3,5-11H,4H2,1-2H3/b5-3+,7-6+. The number of carbonyl (C=O) groups is 1. The summed E-state index contributed by atoms with van der Waals surface area (Å²) in [6.45, 7) is 4.17. The Morgan fingerprint density at radius 3 is 2.50 bits per heavy atom. The molecule has 1 rings (SSSR count). The van der Waals surface area contributed by atoms with E-state index in [2.05, 4.69) is 0 Å². The molecular weight excluding hydrogens is 200 g/mol. The fraction of sp³-hybridized carbons (Fsp3) is 0.214. The van der Waals surface area contributed by atoms with E-state index >= 15 is 0 Å². The number of rotatable bonds is 4. The van der Waals surface area contributed by atoms with Gasteiger partial charge in [-0.05, 0) is 31.5 Å². The van der Waals surface area contributed by atoms with Crippen molar-refractivity contribution in [2.75, 3.05) is 6.61 Å². The molecule has 0 saturated carbocycles. The predicted octanol–water partition coefficient (Wildman–Crippen LogP) is 3.45. The molecule has 0 aliphatic carbocycles. The van der Waals surface area contributed by atoms with E-state index in [-0.39, 0.29) is 5.97 Å². The first-order valence-corrected chi connectivity index (χ1v) is 5.34. The van der Waals surface area contributed by atoms with Gasteiger partial charge in [0.25, 0.3) is 0 Å². The minimum absolute atomic E-state index is 0.272. The van der Waals surface area contributed by atoms with Gasteiger partial charge >= 0.3 is 5.97 Å². The van der Waals surface area contributed by atoms with Crippen LogP contribution < -0.4 is 0 Å². The Balaban J connectivity index is 2.71. The molecule has 0 saturated heterocycles. The molecule has 0 bridgehead atoms. The molecule has 1 aromatic carbocycles. The lowest BCUT2D eigenvalue weighted by atomic mass is 10.1. The van der Waals surface area contributed by atoms with Gasteiger partial charge in [0.2, 0.25) is 0 Å². The lowest BCUT2D eigenvalue weighted by Crippen LogP contribution is -2.03. The minimum Gasteiger partial charge on any atom is -0.462 e. The summed E-state index contributed by atoms with van der Waals surface area (Å²) >= 11 is 0. The Bertz CT molecular complexity index is 386. The van der Waals surface area contributed by atoms with Crippen molar-refractivity contribution < 1.29 is 9.53 Å². The summed E-state index contributed by atoms with van der Waals surface area (Å²) in [6, 6.07) is 7.33. The van der Waals surface area contributed by atoms with E-state index in [1.165, 1.54) is 0 Å². The largest absolute Gasteiger partial charge is 0.462 e. The monoisotopic (exact) mass is 216 g/mol. The first-order valence-electron chi connectivity index (χ1n) is 5.34. The van der Waals surface area contributed by atoms with Crippen LogP contribution in [0.1, 0.15) is 29.8 Å². The van der Waals surface area contributed by atoms with Gasteiger partial charge in [-0.1, -0.05) is 36.4 Å². The van der Waals surface area contributed by atoms with E-state index in [0.717, 1.165) is 5.56 Å². The third kappa shape index (κ3) is 3.73. The molecule has 1 aromatic rings. The minimum atomic E-state index is -0.272. The zero-order valence-electron chi connectivity index (χ0n) is 9.64. The van der Waals surface area contributed by atoms with Crippen LogP contribution in [0.25, 0.3) is 6.08 Å². The van der Waals surface area contributed by atoms with Crippen LogP contribution in [0.4, 0.5) is 0 Å². The van der Waals surface area contributed by atoms with Crippen LogP contribution in [-0.2, 0) is 4.74 Å². The fourth-order valence-corrected chi connectivity index (χ4v) is 1.22. The van der Waals surface area contributed by atoms with Crippen molar-refractivity contribution >= 4 is 12.0 Å². The third-order valence-electron chi connectivity index (χ3n) is 2.01. The van der Waals surface area contributed by atoms with Crippen LogP contribution in [0, 0.1) is 0 Å². The quantitative estimate of drug-likeness (QED) is 0.569. The Kier molecular flexibility index (Phi) is 5.06. The molecule has 0 aromatic heterocycles. The van der Waals surface area contributed by atoms with Crippen molar-refractivity contribution in [1.29, 1.82) is 0 Å². The highest BCUT2D eigenvalue weighted by Gasteiger charge is 2.04. The van der Waals surface area contributed by atoms with Gasteiger partial charge in [-0.3, -0.25) is 0 Å². The van der Waals surface area contributed by atoms with Crippen LogP contribution in [0.2, 0.25) is 0 Å². The van der Waals surface area contributed by atoms with Crippen LogP contribution >= 0.6 is 0 Å². The molecule has 0 fully saturated rings. The molecule has 0 aliphatic rings. The molecule has 0 heterocycles. The second-order valence-corrected chi connectivity index (χ2v) is 3.23. The highest BCUT2D eigenvalue weighted by atomic mass is 16.5. The molecule has 0 radical (unpaired) electrons. The van der Waals surface area contributed by atoms with E-state index in [0.29, 0.717) is 12.2 Å². The summed E-state index contributed by atoms with van der Waals surface area (Å²) in [5.74, 6) is -0.272. The maximum atomic E-state index is 11.4.